The zero-order chi connectivity index (χ0) is 22.2. The molecule has 162 valence electrons. The van der Waals surface area contributed by atoms with Crippen molar-refractivity contribution in [3.63, 3.8) is 0 Å². The first-order valence-corrected chi connectivity index (χ1v) is 11.8. The van der Waals surface area contributed by atoms with Crippen LogP contribution in [0.25, 0.3) is 6.08 Å². The fraction of sp³-hybridized carbons (Fsp3) is 0.385. The summed E-state index contributed by atoms with van der Waals surface area (Å²) in [7, 11) is 1.79. The Morgan fingerprint density at radius 3 is 2.65 bits per heavy atom. The van der Waals surface area contributed by atoms with Gasteiger partial charge in [0.2, 0.25) is 0 Å². The van der Waals surface area contributed by atoms with Gasteiger partial charge in [-0.3, -0.25) is 9.69 Å². The number of fused-ring (bicyclic) bond motifs is 1. The van der Waals surface area contributed by atoms with Crippen molar-refractivity contribution in [1.29, 1.82) is 0 Å². The minimum absolute atomic E-state index is 0.000747. The maximum absolute atomic E-state index is 12.8. The number of benzene rings is 2. The lowest BCUT2D eigenvalue weighted by atomic mass is 9.79. The van der Waals surface area contributed by atoms with Crippen LogP contribution >= 0.6 is 11.8 Å². The summed E-state index contributed by atoms with van der Waals surface area (Å²) < 4.78 is 0. The normalized spacial score (nSPS) is 23.0. The lowest BCUT2D eigenvalue weighted by Gasteiger charge is -2.47. The molecule has 2 aromatic carbocycles. The van der Waals surface area contributed by atoms with E-state index in [9.17, 15) is 4.79 Å². The van der Waals surface area contributed by atoms with Gasteiger partial charge < -0.3 is 4.90 Å². The third kappa shape index (κ3) is 4.29. The van der Waals surface area contributed by atoms with Crippen molar-refractivity contribution in [1.82, 2.24) is 4.90 Å². The SMILES string of the molecule is CCCN1c2ccc(/C=C3/SC(=Nc4ccccc4)N(C)C3=O)cc2C(C)CC1(C)C. The number of likely N-dealkylation sites (N-methyl/N-ethyl adjacent to an activating group) is 1. The number of hydrogen-bond donors (Lipinski definition) is 0. The average Bonchev–Trinajstić information content (AvgIpc) is 2.99. The van der Waals surface area contributed by atoms with Crippen LogP contribution in [0.3, 0.4) is 0 Å². The molecule has 2 heterocycles. The quantitative estimate of drug-likeness (QED) is 0.522. The first-order valence-electron chi connectivity index (χ1n) is 11.0. The molecule has 1 saturated heterocycles. The molecule has 0 saturated carbocycles. The van der Waals surface area contributed by atoms with E-state index in [-0.39, 0.29) is 11.4 Å². The highest BCUT2D eigenvalue weighted by molar-refractivity contribution is 8.18. The van der Waals surface area contributed by atoms with E-state index in [2.05, 4.69) is 55.8 Å². The maximum atomic E-state index is 12.8. The molecule has 5 heteroatoms. The number of aliphatic imine (C=N–C) groups is 1. The molecule has 2 aromatic rings. The number of nitrogens with zero attached hydrogens (tertiary/aromatic N) is 3. The number of para-hydroxylation sites is 1. The lowest BCUT2D eigenvalue weighted by molar-refractivity contribution is -0.121. The molecular weight excluding hydrogens is 402 g/mol. The van der Waals surface area contributed by atoms with Gasteiger partial charge in [0.05, 0.1) is 10.6 Å². The topological polar surface area (TPSA) is 35.9 Å². The molecule has 1 fully saturated rings. The molecule has 1 amide bonds. The van der Waals surface area contributed by atoms with Gasteiger partial charge in [-0.15, -0.1) is 0 Å². The summed E-state index contributed by atoms with van der Waals surface area (Å²) in [6.45, 7) is 10.3. The summed E-state index contributed by atoms with van der Waals surface area (Å²) in [6.07, 6.45) is 4.27. The van der Waals surface area contributed by atoms with Crippen molar-refractivity contribution >= 4 is 40.3 Å². The molecule has 0 bridgehead atoms. The van der Waals surface area contributed by atoms with E-state index in [4.69, 9.17) is 0 Å². The van der Waals surface area contributed by atoms with Crippen molar-refractivity contribution < 1.29 is 4.79 Å². The Morgan fingerprint density at radius 1 is 1.19 bits per heavy atom. The number of hydrogen-bond acceptors (Lipinski definition) is 4. The fourth-order valence-corrected chi connectivity index (χ4v) is 5.65. The second kappa shape index (κ2) is 8.54. The molecule has 0 aromatic heterocycles. The first-order chi connectivity index (χ1) is 14.8. The van der Waals surface area contributed by atoms with E-state index >= 15 is 0 Å². The molecule has 1 atom stereocenters. The Balaban J connectivity index is 1.65. The van der Waals surface area contributed by atoms with E-state index in [1.165, 1.54) is 23.0 Å². The van der Waals surface area contributed by atoms with E-state index < -0.39 is 0 Å². The fourth-order valence-electron chi connectivity index (χ4n) is 4.66. The number of amidine groups is 1. The number of rotatable bonds is 4. The number of carbonyl (C=O) groups excluding carboxylic acids is 1. The van der Waals surface area contributed by atoms with Crippen LogP contribution in [-0.2, 0) is 4.79 Å². The molecule has 1 unspecified atom stereocenters. The third-order valence-electron chi connectivity index (χ3n) is 6.14. The van der Waals surface area contributed by atoms with Gasteiger partial charge in [-0.25, -0.2) is 4.99 Å². The molecule has 0 spiro atoms. The van der Waals surface area contributed by atoms with E-state index in [1.807, 2.05) is 36.4 Å². The summed E-state index contributed by atoms with van der Waals surface area (Å²) in [5.74, 6) is 0.487. The van der Waals surface area contributed by atoms with Crippen LogP contribution in [0.15, 0.2) is 58.4 Å². The highest BCUT2D eigenvalue weighted by atomic mass is 32.2. The Hall–Kier alpha value is -2.53. The van der Waals surface area contributed by atoms with Crippen LogP contribution < -0.4 is 4.90 Å². The summed E-state index contributed by atoms with van der Waals surface area (Å²) >= 11 is 1.44. The summed E-state index contributed by atoms with van der Waals surface area (Å²) in [5, 5.41) is 0.713. The molecule has 0 radical (unpaired) electrons. The average molecular weight is 434 g/mol. The van der Waals surface area contributed by atoms with Crippen molar-refractivity contribution in [3.8, 4) is 0 Å². The predicted octanol–water partition coefficient (Wildman–Crippen LogP) is 6.42. The largest absolute Gasteiger partial charge is 0.366 e. The zero-order valence-electron chi connectivity index (χ0n) is 19.1. The van der Waals surface area contributed by atoms with Crippen molar-refractivity contribution in [2.75, 3.05) is 18.5 Å². The predicted molar refractivity (Wildman–Crippen MR) is 133 cm³/mol. The van der Waals surface area contributed by atoms with Gasteiger partial charge in [0.1, 0.15) is 0 Å². The van der Waals surface area contributed by atoms with Gasteiger partial charge in [0.25, 0.3) is 5.91 Å². The van der Waals surface area contributed by atoms with Crippen LogP contribution in [0.2, 0.25) is 0 Å². The molecule has 4 rings (SSSR count). The van der Waals surface area contributed by atoms with Gasteiger partial charge >= 0.3 is 0 Å². The Bertz CT molecular complexity index is 1040. The molecule has 0 N–H and O–H groups in total. The highest BCUT2D eigenvalue weighted by Gasteiger charge is 2.36. The third-order valence-corrected chi connectivity index (χ3v) is 7.20. The van der Waals surface area contributed by atoms with Gasteiger partial charge in [-0.2, -0.15) is 0 Å². The van der Waals surface area contributed by atoms with Crippen LogP contribution in [0.5, 0.6) is 0 Å². The van der Waals surface area contributed by atoms with Crippen molar-refractivity contribution in [2.24, 2.45) is 4.99 Å². The highest BCUT2D eigenvalue weighted by Crippen LogP contribution is 2.44. The van der Waals surface area contributed by atoms with E-state index in [1.54, 1.807) is 11.9 Å². The van der Waals surface area contributed by atoms with Crippen LogP contribution in [0, 0.1) is 0 Å². The Kier molecular flexibility index (Phi) is 5.98. The van der Waals surface area contributed by atoms with Crippen molar-refractivity contribution in [3.05, 3.63) is 64.6 Å². The van der Waals surface area contributed by atoms with E-state index in [0.717, 1.165) is 30.6 Å². The minimum atomic E-state index is -0.000747. The standard InChI is InChI=1S/C26H31N3OS/c1-6-14-29-22-13-12-19(15-21(22)18(2)17-26(29,3)4)16-23-24(30)28(5)25(31-23)27-20-10-8-7-9-11-20/h7-13,15-16,18H,6,14,17H2,1-5H3/b23-16+,27-25?. The van der Waals surface area contributed by atoms with Crippen molar-refractivity contribution in [2.45, 2.75) is 52.0 Å². The summed E-state index contributed by atoms with van der Waals surface area (Å²) in [4.78, 5) is 22.4. The second-order valence-electron chi connectivity index (χ2n) is 9.09. The van der Waals surface area contributed by atoms with Crippen LogP contribution in [-0.4, -0.2) is 35.1 Å². The monoisotopic (exact) mass is 433 g/mol. The van der Waals surface area contributed by atoms with Crippen LogP contribution in [0.4, 0.5) is 11.4 Å². The Morgan fingerprint density at radius 2 is 1.94 bits per heavy atom. The first kappa shape index (κ1) is 21.7. The zero-order valence-corrected chi connectivity index (χ0v) is 19.9. The van der Waals surface area contributed by atoms with Gasteiger partial charge in [-0.05, 0) is 85.8 Å². The molecular formula is C26H31N3OS. The van der Waals surface area contributed by atoms with Gasteiger partial charge in [0.15, 0.2) is 5.17 Å². The van der Waals surface area contributed by atoms with Gasteiger partial charge in [0, 0.05) is 24.8 Å². The Labute approximate surface area is 190 Å². The second-order valence-corrected chi connectivity index (χ2v) is 10.1. The van der Waals surface area contributed by atoms with Crippen LogP contribution in [0.1, 0.15) is 57.6 Å². The summed E-state index contributed by atoms with van der Waals surface area (Å²) in [6, 6.07) is 16.4. The lowest BCUT2D eigenvalue weighted by Crippen LogP contribution is -2.48. The number of carbonyl (C=O) groups is 1. The van der Waals surface area contributed by atoms with Gasteiger partial charge in [-0.1, -0.05) is 38.1 Å². The molecule has 2 aliphatic heterocycles. The van der Waals surface area contributed by atoms with E-state index in [0.29, 0.717) is 16.0 Å². The number of thioether (sulfide) groups is 1. The molecule has 31 heavy (non-hydrogen) atoms. The molecule has 2 aliphatic rings. The summed E-state index contributed by atoms with van der Waals surface area (Å²) in [5.41, 5.74) is 4.80. The molecule has 0 aliphatic carbocycles. The smallest absolute Gasteiger partial charge is 0.266 e. The minimum Gasteiger partial charge on any atom is -0.366 e. The number of amides is 1. The maximum Gasteiger partial charge on any atom is 0.266 e. The number of anilines is 1. The molecule has 4 nitrogen and oxygen atoms in total.